The minimum Gasteiger partial charge on any atom is -0.333 e. The minimum atomic E-state index is 0.120. The summed E-state index contributed by atoms with van der Waals surface area (Å²) in [6.07, 6.45) is 4.13. The highest BCUT2D eigenvalue weighted by Crippen LogP contribution is 2.11. The Balaban J connectivity index is 2.04. The molecular weight excluding hydrogens is 202 g/mol. The lowest BCUT2D eigenvalue weighted by atomic mass is 10.3. The van der Waals surface area contributed by atoms with E-state index in [0.717, 1.165) is 18.9 Å². The lowest BCUT2D eigenvalue weighted by Crippen LogP contribution is -2.38. The molecule has 1 amide bonds. The van der Waals surface area contributed by atoms with Gasteiger partial charge < -0.3 is 9.47 Å². The van der Waals surface area contributed by atoms with Gasteiger partial charge in [0.05, 0.1) is 6.54 Å². The zero-order valence-electron chi connectivity index (χ0n) is 7.82. The smallest absolute Gasteiger partial charge is 0.224 e. The summed E-state index contributed by atoms with van der Waals surface area (Å²) in [5.74, 6) is 1.47. The third-order valence-electron chi connectivity index (χ3n) is 2.41. The molecule has 0 saturated heterocycles. The van der Waals surface area contributed by atoms with Crippen molar-refractivity contribution in [2.75, 3.05) is 12.4 Å². The van der Waals surface area contributed by atoms with Crippen LogP contribution in [0.1, 0.15) is 12.2 Å². The van der Waals surface area contributed by atoms with Gasteiger partial charge in [-0.1, -0.05) is 0 Å². The van der Waals surface area contributed by atoms with Gasteiger partial charge in [-0.15, -0.1) is 11.6 Å². The Morgan fingerprint density at radius 3 is 3.21 bits per heavy atom. The molecule has 0 atom stereocenters. The number of hydrogen-bond acceptors (Lipinski definition) is 2. The number of aromatic nitrogens is 2. The van der Waals surface area contributed by atoms with Crippen molar-refractivity contribution in [1.29, 1.82) is 0 Å². The summed E-state index contributed by atoms with van der Waals surface area (Å²) < 4.78 is 2.07. The number of halogens is 1. The van der Waals surface area contributed by atoms with Crippen LogP contribution in [-0.2, 0) is 17.9 Å². The number of hydrogen-bond donors (Lipinski definition) is 0. The highest BCUT2D eigenvalue weighted by Gasteiger charge is 2.20. The monoisotopic (exact) mass is 213 g/mol. The Kier molecular flexibility index (Phi) is 2.72. The van der Waals surface area contributed by atoms with E-state index >= 15 is 0 Å². The van der Waals surface area contributed by atoms with Crippen molar-refractivity contribution in [2.45, 2.75) is 19.5 Å². The molecule has 5 heteroatoms. The molecule has 2 rings (SSSR count). The molecular formula is C9H12ClN3O. The molecule has 0 N–H and O–H groups in total. The molecule has 0 radical (unpaired) electrons. The molecule has 0 spiro atoms. The maximum Gasteiger partial charge on any atom is 0.224 e. The van der Waals surface area contributed by atoms with Crippen LogP contribution in [0.5, 0.6) is 0 Å². The molecule has 0 unspecified atom stereocenters. The summed E-state index contributed by atoms with van der Waals surface area (Å²) >= 11 is 5.53. The first kappa shape index (κ1) is 9.52. The Bertz CT molecular complexity index is 337. The Labute approximate surface area is 87.5 Å². The van der Waals surface area contributed by atoms with Crippen LogP contribution in [0.15, 0.2) is 12.4 Å². The van der Waals surface area contributed by atoms with Crippen molar-refractivity contribution < 1.29 is 4.79 Å². The van der Waals surface area contributed by atoms with Gasteiger partial charge in [-0.2, -0.15) is 0 Å². The van der Waals surface area contributed by atoms with Crippen LogP contribution >= 0.6 is 11.6 Å². The maximum atomic E-state index is 11.5. The van der Waals surface area contributed by atoms with Crippen LogP contribution in [0.25, 0.3) is 0 Å². The first-order valence-corrected chi connectivity index (χ1v) is 5.18. The molecule has 0 saturated carbocycles. The SMILES string of the molecule is O=C(CCCl)N1CCn2ccnc2C1. The number of alkyl halides is 1. The van der Waals surface area contributed by atoms with E-state index in [-0.39, 0.29) is 5.91 Å². The molecule has 1 aromatic heterocycles. The van der Waals surface area contributed by atoms with Gasteiger partial charge in [-0.3, -0.25) is 4.79 Å². The Hall–Kier alpha value is -1.03. The van der Waals surface area contributed by atoms with Crippen molar-refractivity contribution in [2.24, 2.45) is 0 Å². The summed E-state index contributed by atoms with van der Waals surface area (Å²) in [6.45, 7) is 2.21. The van der Waals surface area contributed by atoms with Crippen molar-refractivity contribution in [3.05, 3.63) is 18.2 Å². The van der Waals surface area contributed by atoms with Crippen molar-refractivity contribution in [1.82, 2.24) is 14.5 Å². The van der Waals surface area contributed by atoms with Crippen LogP contribution in [-0.4, -0.2) is 32.8 Å². The third-order valence-corrected chi connectivity index (χ3v) is 2.59. The number of carbonyl (C=O) groups excluding carboxylic acids is 1. The summed E-state index contributed by atoms with van der Waals surface area (Å²) in [7, 11) is 0. The van der Waals surface area contributed by atoms with Crippen LogP contribution in [0.2, 0.25) is 0 Å². The van der Waals surface area contributed by atoms with Gasteiger partial charge in [0.25, 0.3) is 0 Å². The number of nitrogens with zero attached hydrogens (tertiary/aromatic N) is 3. The second-order valence-corrected chi connectivity index (χ2v) is 3.67. The molecule has 0 bridgehead atoms. The fraction of sp³-hybridized carbons (Fsp3) is 0.556. The predicted octanol–water partition coefficient (Wildman–Crippen LogP) is 0.854. The Morgan fingerprint density at radius 1 is 1.57 bits per heavy atom. The third kappa shape index (κ3) is 1.75. The summed E-state index contributed by atoms with van der Waals surface area (Å²) in [4.78, 5) is 17.5. The highest BCUT2D eigenvalue weighted by molar-refractivity contribution is 6.18. The van der Waals surface area contributed by atoms with E-state index in [2.05, 4.69) is 9.55 Å². The molecule has 76 valence electrons. The van der Waals surface area contributed by atoms with Crippen LogP contribution in [0, 0.1) is 0 Å². The first-order valence-electron chi connectivity index (χ1n) is 4.65. The molecule has 1 aliphatic heterocycles. The second kappa shape index (κ2) is 4.00. The van der Waals surface area contributed by atoms with Gasteiger partial charge in [0.2, 0.25) is 5.91 Å². The van der Waals surface area contributed by atoms with E-state index in [1.54, 1.807) is 6.20 Å². The van der Waals surface area contributed by atoms with E-state index in [9.17, 15) is 4.79 Å². The Morgan fingerprint density at radius 2 is 2.43 bits per heavy atom. The number of fused-ring (bicyclic) bond motifs is 1. The maximum absolute atomic E-state index is 11.5. The zero-order chi connectivity index (χ0) is 9.97. The number of amides is 1. The molecule has 14 heavy (non-hydrogen) atoms. The van der Waals surface area contributed by atoms with Crippen LogP contribution in [0.3, 0.4) is 0 Å². The van der Waals surface area contributed by atoms with E-state index < -0.39 is 0 Å². The highest BCUT2D eigenvalue weighted by atomic mass is 35.5. The van der Waals surface area contributed by atoms with Crippen molar-refractivity contribution >= 4 is 17.5 Å². The molecule has 4 nitrogen and oxygen atoms in total. The number of carbonyl (C=O) groups is 1. The summed E-state index contributed by atoms with van der Waals surface area (Å²) in [5, 5.41) is 0. The molecule has 0 aromatic carbocycles. The number of rotatable bonds is 2. The van der Waals surface area contributed by atoms with Crippen LogP contribution in [0.4, 0.5) is 0 Å². The lowest BCUT2D eigenvalue weighted by Gasteiger charge is -2.27. The van der Waals surface area contributed by atoms with E-state index in [1.807, 2.05) is 11.1 Å². The topological polar surface area (TPSA) is 38.1 Å². The molecule has 0 fully saturated rings. The molecule has 2 heterocycles. The van der Waals surface area contributed by atoms with Gasteiger partial charge in [0.1, 0.15) is 5.82 Å². The summed E-state index contributed by atoms with van der Waals surface area (Å²) in [6, 6.07) is 0. The predicted molar refractivity (Wildman–Crippen MR) is 53.0 cm³/mol. The van der Waals surface area contributed by atoms with Crippen molar-refractivity contribution in [3.63, 3.8) is 0 Å². The largest absolute Gasteiger partial charge is 0.333 e. The van der Waals surface area contributed by atoms with E-state index in [0.29, 0.717) is 18.8 Å². The molecule has 1 aliphatic rings. The van der Waals surface area contributed by atoms with E-state index in [1.165, 1.54) is 0 Å². The first-order chi connectivity index (χ1) is 6.81. The standard InChI is InChI=1S/C9H12ClN3O/c10-2-1-9(14)13-6-5-12-4-3-11-8(12)7-13/h3-4H,1-2,5-7H2. The molecule has 0 aliphatic carbocycles. The quantitative estimate of drug-likeness (QED) is 0.684. The second-order valence-electron chi connectivity index (χ2n) is 3.29. The normalized spacial score (nSPS) is 15.4. The fourth-order valence-corrected chi connectivity index (χ4v) is 1.79. The van der Waals surface area contributed by atoms with Gasteiger partial charge in [-0.05, 0) is 0 Å². The van der Waals surface area contributed by atoms with E-state index in [4.69, 9.17) is 11.6 Å². The number of imidazole rings is 1. The van der Waals surface area contributed by atoms with Gasteiger partial charge in [-0.25, -0.2) is 4.98 Å². The average Bonchev–Trinajstić information content (AvgIpc) is 2.64. The lowest BCUT2D eigenvalue weighted by molar-refractivity contribution is -0.132. The van der Waals surface area contributed by atoms with Gasteiger partial charge in [0.15, 0.2) is 0 Å². The van der Waals surface area contributed by atoms with Gasteiger partial charge >= 0.3 is 0 Å². The minimum absolute atomic E-state index is 0.120. The summed E-state index contributed by atoms with van der Waals surface area (Å²) in [5.41, 5.74) is 0. The molecule has 1 aromatic rings. The van der Waals surface area contributed by atoms with Gasteiger partial charge in [0, 0.05) is 37.8 Å². The van der Waals surface area contributed by atoms with Crippen molar-refractivity contribution in [3.8, 4) is 0 Å². The fourth-order valence-electron chi connectivity index (χ4n) is 1.63. The van der Waals surface area contributed by atoms with Crippen LogP contribution < -0.4 is 0 Å². The zero-order valence-corrected chi connectivity index (χ0v) is 8.57. The average molecular weight is 214 g/mol.